The van der Waals surface area contributed by atoms with Crippen LogP contribution in [0.1, 0.15) is 52.3 Å². The van der Waals surface area contributed by atoms with Crippen LogP contribution in [-0.2, 0) is 19.1 Å². The summed E-state index contributed by atoms with van der Waals surface area (Å²) in [7, 11) is 0. The molecule has 0 radical (unpaired) electrons. The number of carbonyl (C=O) groups excluding carboxylic acids is 4. The summed E-state index contributed by atoms with van der Waals surface area (Å²) in [6.45, 7) is 5.62. The van der Waals surface area contributed by atoms with E-state index in [9.17, 15) is 19.2 Å². The fraction of sp³-hybridized carbons (Fsp3) is 0.364. The molecule has 0 fully saturated rings. The van der Waals surface area contributed by atoms with Gasteiger partial charge in [0.2, 0.25) is 0 Å². The summed E-state index contributed by atoms with van der Waals surface area (Å²) in [5.74, 6) is -1.18. The van der Waals surface area contributed by atoms with Crippen LogP contribution in [-0.4, -0.2) is 43.4 Å². The highest BCUT2D eigenvalue weighted by atomic mass is 32.1. The Morgan fingerprint density at radius 2 is 1.68 bits per heavy atom. The van der Waals surface area contributed by atoms with E-state index in [1.54, 1.807) is 44.2 Å². The van der Waals surface area contributed by atoms with Gasteiger partial charge in [-0.3, -0.25) is 14.4 Å². The van der Waals surface area contributed by atoms with Gasteiger partial charge in [-0.05, 0) is 56.7 Å². The van der Waals surface area contributed by atoms with E-state index in [0.717, 1.165) is 11.3 Å². The number of hydrogen-bond donors (Lipinski definition) is 1. The van der Waals surface area contributed by atoms with Gasteiger partial charge in [-0.2, -0.15) is 0 Å². The van der Waals surface area contributed by atoms with Crippen LogP contribution in [0.25, 0.3) is 0 Å². The lowest BCUT2D eigenvalue weighted by Gasteiger charge is -2.06. The molecule has 0 saturated heterocycles. The number of amides is 1. The van der Waals surface area contributed by atoms with E-state index >= 15 is 0 Å². The van der Waals surface area contributed by atoms with Gasteiger partial charge in [0.25, 0.3) is 5.91 Å². The first-order valence-corrected chi connectivity index (χ1v) is 10.6. The van der Waals surface area contributed by atoms with E-state index in [-0.39, 0.29) is 25.2 Å². The third kappa shape index (κ3) is 7.53. The highest BCUT2D eigenvalue weighted by Gasteiger charge is 2.17. The molecule has 0 aliphatic carbocycles. The Bertz CT molecular complexity index is 934. The third-order valence-corrected chi connectivity index (χ3v) is 5.18. The number of rotatable bonds is 11. The number of thiophene rings is 1. The lowest BCUT2D eigenvalue weighted by atomic mass is 10.1. The molecule has 0 spiro atoms. The van der Waals surface area contributed by atoms with E-state index in [2.05, 4.69) is 5.32 Å². The molecule has 0 unspecified atom stereocenters. The highest BCUT2D eigenvalue weighted by Crippen LogP contribution is 2.27. The Balaban J connectivity index is 1.75. The number of benzene rings is 1. The maximum Gasteiger partial charge on any atom is 0.348 e. The zero-order valence-corrected chi connectivity index (χ0v) is 18.5. The summed E-state index contributed by atoms with van der Waals surface area (Å²) in [6.07, 6.45) is -0.161. The molecule has 31 heavy (non-hydrogen) atoms. The molecule has 1 amide bonds. The molecule has 1 aromatic heterocycles. The minimum absolute atomic E-state index is 0.0263. The zero-order chi connectivity index (χ0) is 22.8. The average Bonchev–Trinajstić information content (AvgIpc) is 3.11. The number of Topliss-reactive ketones (excluding diaryl/α,β-unsaturated/α-hetero) is 1. The predicted molar refractivity (Wildman–Crippen MR) is 116 cm³/mol. The van der Waals surface area contributed by atoms with Crippen LogP contribution >= 0.6 is 11.3 Å². The quantitative estimate of drug-likeness (QED) is 0.412. The van der Waals surface area contributed by atoms with Gasteiger partial charge in [0.1, 0.15) is 10.6 Å². The van der Waals surface area contributed by atoms with E-state index in [1.807, 2.05) is 6.92 Å². The molecular weight excluding hydrogens is 422 g/mol. The molecule has 2 rings (SSSR count). The third-order valence-electron chi connectivity index (χ3n) is 4.05. The molecule has 0 bridgehead atoms. The lowest BCUT2D eigenvalue weighted by molar-refractivity contribution is -0.147. The molecule has 2 aromatic rings. The fourth-order valence-electron chi connectivity index (χ4n) is 2.60. The van der Waals surface area contributed by atoms with Gasteiger partial charge in [-0.25, -0.2) is 4.79 Å². The van der Waals surface area contributed by atoms with Gasteiger partial charge < -0.3 is 19.5 Å². The Hall–Kier alpha value is -3.20. The van der Waals surface area contributed by atoms with E-state index in [1.165, 1.54) is 0 Å². The van der Waals surface area contributed by atoms with Crippen molar-refractivity contribution in [2.45, 2.75) is 33.6 Å². The number of anilines is 1. The predicted octanol–water partition coefficient (Wildman–Crippen LogP) is 3.78. The average molecular weight is 448 g/mol. The first-order chi connectivity index (χ1) is 14.8. The van der Waals surface area contributed by atoms with Crippen molar-refractivity contribution in [3.05, 3.63) is 46.3 Å². The molecule has 0 aliphatic rings. The van der Waals surface area contributed by atoms with Crippen molar-refractivity contribution in [3.63, 3.8) is 0 Å². The smallest absolute Gasteiger partial charge is 0.348 e. The van der Waals surface area contributed by atoms with Crippen molar-refractivity contribution in [2.24, 2.45) is 0 Å². The van der Waals surface area contributed by atoms with Crippen LogP contribution < -0.4 is 10.1 Å². The summed E-state index contributed by atoms with van der Waals surface area (Å²) in [5.41, 5.74) is 1.16. The summed E-state index contributed by atoms with van der Waals surface area (Å²) in [6, 6.07) is 8.31. The van der Waals surface area contributed by atoms with Crippen molar-refractivity contribution in [1.29, 1.82) is 0 Å². The van der Waals surface area contributed by atoms with Crippen molar-refractivity contribution < 1.29 is 33.4 Å². The first kappa shape index (κ1) is 24.1. The van der Waals surface area contributed by atoms with Crippen molar-refractivity contribution in [2.75, 3.05) is 25.1 Å². The second kappa shape index (κ2) is 11.8. The van der Waals surface area contributed by atoms with Crippen LogP contribution in [0.3, 0.4) is 0 Å². The van der Waals surface area contributed by atoms with E-state index < -0.39 is 24.5 Å². The van der Waals surface area contributed by atoms with Gasteiger partial charge in [0.05, 0.1) is 24.6 Å². The number of nitrogens with one attached hydrogen (secondary N) is 1. The lowest BCUT2D eigenvalue weighted by Crippen LogP contribution is -2.20. The Morgan fingerprint density at radius 1 is 0.968 bits per heavy atom. The van der Waals surface area contributed by atoms with Gasteiger partial charge in [-0.1, -0.05) is 0 Å². The molecule has 9 heteroatoms. The minimum Gasteiger partial charge on any atom is -0.494 e. The minimum atomic E-state index is -0.649. The number of hydrogen-bond acceptors (Lipinski definition) is 8. The summed E-state index contributed by atoms with van der Waals surface area (Å²) in [5, 5.41) is 3.03. The second-order valence-electron chi connectivity index (χ2n) is 6.43. The fourth-order valence-corrected chi connectivity index (χ4v) is 3.58. The molecule has 8 nitrogen and oxygen atoms in total. The van der Waals surface area contributed by atoms with Crippen molar-refractivity contribution in [3.8, 4) is 5.75 Å². The molecule has 0 atom stereocenters. The maximum absolute atomic E-state index is 12.2. The Morgan fingerprint density at radius 3 is 2.32 bits per heavy atom. The number of ketones is 1. The van der Waals surface area contributed by atoms with Crippen LogP contribution in [0.5, 0.6) is 5.75 Å². The topological polar surface area (TPSA) is 108 Å². The first-order valence-electron chi connectivity index (χ1n) is 9.83. The zero-order valence-electron chi connectivity index (χ0n) is 17.7. The normalized spacial score (nSPS) is 10.3. The van der Waals surface area contributed by atoms with Gasteiger partial charge in [-0.15, -0.1) is 11.3 Å². The molecule has 0 saturated carbocycles. The molecule has 166 valence electrons. The summed E-state index contributed by atoms with van der Waals surface area (Å²) < 4.78 is 15.2. The standard InChI is InChI=1S/C22H25NO7S/c1-4-28-16-8-6-15(7-9-16)17(24)10-11-20(26)30-13-18(25)23-19-12-14(3)21(31-19)22(27)29-5-2/h6-9,12H,4-5,10-11,13H2,1-3H3,(H,23,25). The number of aryl methyl sites for hydroxylation is 1. The number of ether oxygens (including phenoxy) is 3. The molecule has 1 heterocycles. The monoisotopic (exact) mass is 447 g/mol. The van der Waals surface area contributed by atoms with Crippen molar-refractivity contribution in [1.82, 2.24) is 0 Å². The summed E-state index contributed by atoms with van der Waals surface area (Å²) >= 11 is 1.09. The van der Waals surface area contributed by atoms with Gasteiger partial charge in [0, 0.05) is 12.0 Å². The second-order valence-corrected chi connectivity index (χ2v) is 7.48. The maximum atomic E-state index is 12.2. The van der Waals surface area contributed by atoms with Crippen molar-refractivity contribution >= 4 is 40.0 Å². The SMILES string of the molecule is CCOC(=O)c1sc(NC(=O)COC(=O)CCC(=O)c2ccc(OCC)cc2)cc1C. The van der Waals surface area contributed by atoms with Crippen LogP contribution in [0.15, 0.2) is 30.3 Å². The van der Waals surface area contributed by atoms with Gasteiger partial charge >= 0.3 is 11.9 Å². The molecule has 1 N–H and O–H groups in total. The van der Waals surface area contributed by atoms with Crippen LogP contribution in [0.2, 0.25) is 0 Å². The van der Waals surface area contributed by atoms with Crippen LogP contribution in [0.4, 0.5) is 5.00 Å². The largest absolute Gasteiger partial charge is 0.494 e. The van der Waals surface area contributed by atoms with Gasteiger partial charge in [0.15, 0.2) is 12.4 Å². The number of carbonyl (C=O) groups is 4. The van der Waals surface area contributed by atoms with E-state index in [0.29, 0.717) is 33.4 Å². The molecular formula is C22H25NO7S. The number of esters is 2. The van der Waals surface area contributed by atoms with Crippen LogP contribution in [0, 0.1) is 6.92 Å². The summed E-state index contributed by atoms with van der Waals surface area (Å²) in [4.78, 5) is 48.3. The molecule has 0 aliphatic heterocycles. The highest BCUT2D eigenvalue weighted by molar-refractivity contribution is 7.18. The Kier molecular flexibility index (Phi) is 9.20. The van der Waals surface area contributed by atoms with E-state index in [4.69, 9.17) is 14.2 Å². The Labute approximate surface area is 184 Å². The molecule has 1 aromatic carbocycles.